The molecule has 3 rings (SSSR count). The molecule has 1 amide bonds. The first-order valence-corrected chi connectivity index (χ1v) is 11.2. The topological polar surface area (TPSA) is 79.6 Å². The third-order valence-corrected chi connectivity index (χ3v) is 6.86. The third-order valence-electron chi connectivity index (χ3n) is 5.82. The summed E-state index contributed by atoms with van der Waals surface area (Å²) in [5.74, 6) is -0.262. The zero-order chi connectivity index (χ0) is 22.7. The van der Waals surface area contributed by atoms with E-state index in [9.17, 15) is 14.9 Å². The van der Waals surface area contributed by atoms with Gasteiger partial charge in [-0.25, -0.2) is 4.98 Å². The summed E-state index contributed by atoms with van der Waals surface area (Å²) in [6.07, 6.45) is 0. The van der Waals surface area contributed by atoms with Gasteiger partial charge in [0.1, 0.15) is 0 Å². The van der Waals surface area contributed by atoms with E-state index in [1.807, 2.05) is 19.9 Å². The van der Waals surface area contributed by atoms with Gasteiger partial charge in [0.2, 0.25) is 0 Å². The van der Waals surface area contributed by atoms with Crippen molar-refractivity contribution in [2.75, 3.05) is 31.1 Å². The van der Waals surface area contributed by atoms with Crippen LogP contribution in [0.4, 0.5) is 10.8 Å². The molecular weight excluding hydrogens is 448 g/mol. The summed E-state index contributed by atoms with van der Waals surface area (Å²) < 4.78 is 1.02. The van der Waals surface area contributed by atoms with E-state index >= 15 is 0 Å². The van der Waals surface area contributed by atoms with Crippen LogP contribution in [0.2, 0.25) is 0 Å². The number of anilines is 1. The SMILES string of the molecule is CCN(CC)CCN(C(=O)c1cccc([N+](=O)[O-])c1C)c1nc2c(C)c(C)ccc2s1.Cl. The summed E-state index contributed by atoms with van der Waals surface area (Å²) in [6, 6.07) is 8.73. The molecular formula is C23H29ClN4O3S. The number of fused-ring (bicyclic) bond motifs is 1. The molecule has 0 saturated heterocycles. The molecule has 172 valence electrons. The molecule has 0 N–H and O–H groups in total. The first-order valence-electron chi connectivity index (χ1n) is 10.4. The molecule has 0 spiro atoms. The van der Waals surface area contributed by atoms with Crippen molar-refractivity contribution in [3.8, 4) is 0 Å². The normalized spacial score (nSPS) is 10.9. The Morgan fingerprint density at radius 2 is 1.75 bits per heavy atom. The number of amides is 1. The number of halogens is 1. The van der Waals surface area contributed by atoms with Crippen molar-refractivity contribution < 1.29 is 9.72 Å². The number of rotatable bonds is 8. The number of aromatic nitrogens is 1. The van der Waals surface area contributed by atoms with Gasteiger partial charge >= 0.3 is 0 Å². The minimum Gasteiger partial charge on any atom is -0.302 e. The van der Waals surface area contributed by atoms with E-state index < -0.39 is 4.92 Å². The van der Waals surface area contributed by atoms with E-state index in [0.29, 0.717) is 29.3 Å². The first-order chi connectivity index (χ1) is 14.8. The highest BCUT2D eigenvalue weighted by molar-refractivity contribution is 7.22. The Balaban J connectivity index is 0.00000363. The molecule has 32 heavy (non-hydrogen) atoms. The van der Waals surface area contributed by atoms with Crippen LogP contribution in [0.25, 0.3) is 10.2 Å². The summed E-state index contributed by atoms with van der Waals surface area (Å²) in [6.45, 7) is 12.8. The van der Waals surface area contributed by atoms with Crippen molar-refractivity contribution in [1.82, 2.24) is 9.88 Å². The highest BCUT2D eigenvalue weighted by atomic mass is 35.5. The number of benzene rings is 2. The highest BCUT2D eigenvalue weighted by Crippen LogP contribution is 2.33. The lowest BCUT2D eigenvalue weighted by atomic mass is 10.1. The zero-order valence-electron chi connectivity index (χ0n) is 19.0. The Morgan fingerprint density at radius 1 is 1.06 bits per heavy atom. The predicted octanol–water partition coefficient (Wildman–Crippen LogP) is 5.54. The fourth-order valence-corrected chi connectivity index (χ4v) is 4.64. The van der Waals surface area contributed by atoms with Crippen LogP contribution in [0, 0.1) is 30.9 Å². The number of hydrogen-bond acceptors (Lipinski definition) is 6. The monoisotopic (exact) mass is 476 g/mol. The molecule has 0 atom stereocenters. The van der Waals surface area contributed by atoms with Gasteiger partial charge in [-0.1, -0.05) is 37.3 Å². The van der Waals surface area contributed by atoms with Crippen molar-refractivity contribution in [3.05, 3.63) is 62.7 Å². The number of nitro benzene ring substituents is 1. The van der Waals surface area contributed by atoms with Gasteiger partial charge in [0.05, 0.1) is 15.1 Å². The molecule has 0 unspecified atom stereocenters. The smallest absolute Gasteiger partial charge is 0.273 e. The average Bonchev–Trinajstić information content (AvgIpc) is 3.18. The van der Waals surface area contributed by atoms with Crippen molar-refractivity contribution in [2.45, 2.75) is 34.6 Å². The quantitative estimate of drug-likeness (QED) is 0.315. The third kappa shape index (κ3) is 5.09. The van der Waals surface area contributed by atoms with Gasteiger partial charge < -0.3 is 4.90 Å². The standard InChI is InChI=1S/C23H28N4O3S.ClH/c1-6-25(7-2)13-14-26(22(28)18-9-8-10-19(17(18)5)27(29)30)23-24-21-16(4)15(3)11-12-20(21)31-23;/h8-12H,6-7,13-14H2,1-5H3;1H. The minimum absolute atomic E-state index is 0. The molecule has 3 aromatic rings. The van der Waals surface area contributed by atoms with E-state index in [0.717, 1.165) is 34.4 Å². The summed E-state index contributed by atoms with van der Waals surface area (Å²) in [5.41, 5.74) is 3.81. The molecule has 0 fully saturated rings. The van der Waals surface area contributed by atoms with Crippen LogP contribution in [-0.2, 0) is 0 Å². The number of nitrogens with zero attached hydrogens (tertiary/aromatic N) is 4. The Labute approximate surface area is 198 Å². The summed E-state index contributed by atoms with van der Waals surface area (Å²) >= 11 is 1.48. The Kier molecular flexibility index (Phi) is 8.72. The van der Waals surface area contributed by atoms with Crippen LogP contribution in [0.3, 0.4) is 0 Å². The molecule has 1 heterocycles. The summed E-state index contributed by atoms with van der Waals surface area (Å²) in [4.78, 5) is 33.3. The van der Waals surface area contributed by atoms with Gasteiger partial charge in [-0.05, 0) is 57.1 Å². The van der Waals surface area contributed by atoms with Crippen LogP contribution in [0.1, 0.15) is 40.9 Å². The second-order valence-electron chi connectivity index (χ2n) is 7.54. The van der Waals surface area contributed by atoms with E-state index in [2.05, 4.69) is 24.8 Å². The maximum absolute atomic E-state index is 13.6. The van der Waals surface area contributed by atoms with Gasteiger partial charge in [-0.3, -0.25) is 19.8 Å². The van der Waals surface area contributed by atoms with E-state index in [1.165, 1.54) is 17.4 Å². The summed E-state index contributed by atoms with van der Waals surface area (Å²) in [5, 5.41) is 12.0. The van der Waals surface area contributed by atoms with Gasteiger partial charge in [0.25, 0.3) is 11.6 Å². The zero-order valence-corrected chi connectivity index (χ0v) is 20.7. The lowest BCUT2D eigenvalue weighted by Gasteiger charge is -2.25. The number of nitro groups is 1. The predicted molar refractivity (Wildman–Crippen MR) is 134 cm³/mol. The highest BCUT2D eigenvalue weighted by Gasteiger charge is 2.26. The molecule has 1 aromatic heterocycles. The Morgan fingerprint density at radius 3 is 2.38 bits per heavy atom. The molecule has 0 aliphatic carbocycles. The van der Waals surface area contributed by atoms with Crippen LogP contribution < -0.4 is 4.90 Å². The van der Waals surface area contributed by atoms with Crippen molar-refractivity contribution >= 4 is 50.7 Å². The van der Waals surface area contributed by atoms with Crippen LogP contribution in [-0.4, -0.2) is 46.9 Å². The largest absolute Gasteiger partial charge is 0.302 e. The average molecular weight is 477 g/mol. The maximum Gasteiger partial charge on any atom is 0.273 e. The molecule has 0 radical (unpaired) electrons. The van der Waals surface area contributed by atoms with Gasteiger partial charge in [-0.2, -0.15) is 0 Å². The second-order valence-corrected chi connectivity index (χ2v) is 8.55. The second kappa shape index (κ2) is 10.8. The van der Waals surface area contributed by atoms with Crippen molar-refractivity contribution in [3.63, 3.8) is 0 Å². The molecule has 2 aromatic carbocycles. The number of aryl methyl sites for hydroxylation is 2. The molecule has 9 heteroatoms. The van der Waals surface area contributed by atoms with E-state index in [-0.39, 0.29) is 24.0 Å². The van der Waals surface area contributed by atoms with Crippen molar-refractivity contribution in [1.29, 1.82) is 0 Å². The van der Waals surface area contributed by atoms with Crippen LogP contribution >= 0.6 is 23.7 Å². The van der Waals surface area contributed by atoms with E-state index in [1.54, 1.807) is 24.0 Å². The van der Waals surface area contributed by atoms with Gasteiger partial charge in [0.15, 0.2) is 5.13 Å². The van der Waals surface area contributed by atoms with Gasteiger partial charge in [-0.15, -0.1) is 12.4 Å². The first kappa shape index (κ1) is 25.7. The summed E-state index contributed by atoms with van der Waals surface area (Å²) in [7, 11) is 0. The minimum atomic E-state index is -0.448. The fraction of sp³-hybridized carbons (Fsp3) is 0.391. The van der Waals surface area contributed by atoms with Crippen LogP contribution in [0.5, 0.6) is 0 Å². The number of thiazole rings is 1. The van der Waals surface area contributed by atoms with Crippen molar-refractivity contribution in [2.24, 2.45) is 0 Å². The molecule has 0 bridgehead atoms. The number of hydrogen-bond donors (Lipinski definition) is 0. The number of carbonyl (C=O) groups excluding carboxylic acids is 1. The van der Waals surface area contributed by atoms with Crippen LogP contribution in [0.15, 0.2) is 30.3 Å². The Hall–Kier alpha value is -2.55. The molecule has 0 saturated carbocycles. The van der Waals surface area contributed by atoms with Gasteiger partial charge in [0, 0.05) is 30.3 Å². The molecule has 0 aliphatic rings. The number of likely N-dealkylation sites (N-methyl/N-ethyl adjacent to an activating group) is 1. The molecule has 0 aliphatic heterocycles. The number of carbonyl (C=O) groups is 1. The van der Waals surface area contributed by atoms with E-state index in [4.69, 9.17) is 4.98 Å². The fourth-order valence-electron chi connectivity index (χ4n) is 3.59. The lowest BCUT2D eigenvalue weighted by molar-refractivity contribution is -0.385. The lowest BCUT2D eigenvalue weighted by Crippen LogP contribution is -2.39. The Bertz CT molecular complexity index is 1130. The molecule has 7 nitrogen and oxygen atoms in total. The maximum atomic E-state index is 13.6.